The van der Waals surface area contributed by atoms with Gasteiger partial charge in [0.25, 0.3) is 0 Å². The minimum Gasteiger partial charge on any atom is -0.465 e. The average Bonchev–Trinajstić information content (AvgIpc) is 3.14. The van der Waals surface area contributed by atoms with Crippen LogP contribution in [0.2, 0.25) is 0 Å². The van der Waals surface area contributed by atoms with Crippen LogP contribution in [0.25, 0.3) is 65.3 Å². The van der Waals surface area contributed by atoms with Crippen LogP contribution in [0.15, 0.2) is 158 Å². The highest BCUT2D eigenvalue weighted by Gasteiger charge is 2.21. The molecule has 8 rings (SSSR count). The minimum absolute atomic E-state index is 0.317. The molecule has 0 fully saturated rings. The Morgan fingerprint density at radius 2 is 0.875 bits per heavy atom. The fourth-order valence-corrected chi connectivity index (χ4v) is 6.81. The molecule has 48 heavy (non-hydrogen) atoms. The number of hydrogen-bond acceptors (Lipinski definition) is 3. The van der Waals surface area contributed by atoms with Crippen molar-refractivity contribution in [2.45, 2.75) is 19.4 Å². The highest BCUT2D eigenvalue weighted by molar-refractivity contribution is 6.16. The van der Waals surface area contributed by atoms with Gasteiger partial charge in [-0.25, -0.2) is 4.79 Å². The molecular weight excluding hydrogens is 588 g/mol. The second-order valence-electron chi connectivity index (χ2n) is 12.5. The first kappa shape index (κ1) is 30.9. The first-order valence-corrected chi connectivity index (χ1v) is 16.2. The third kappa shape index (κ3) is 5.70. The number of fused-ring (bicyclic) bond motifs is 6. The second kappa shape index (κ2) is 12.8. The van der Waals surface area contributed by atoms with E-state index in [2.05, 4.69) is 97.1 Å². The summed E-state index contributed by atoms with van der Waals surface area (Å²) in [5.74, 6) is -0.317. The molecule has 3 nitrogen and oxygen atoms in total. The first-order valence-electron chi connectivity index (χ1n) is 16.2. The van der Waals surface area contributed by atoms with Crippen molar-refractivity contribution >= 4 is 49.1 Å². The van der Waals surface area contributed by atoms with Crippen molar-refractivity contribution in [3.05, 3.63) is 169 Å². The maximum absolute atomic E-state index is 12.2. The van der Waals surface area contributed by atoms with E-state index >= 15 is 0 Å². The van der Waals surface area contributed by atoms with Crippen molar-refractivity contribution in [3.63, 3.8) is 0 Å². The van der Waals surface area contributed by atoms with Crippen LogP contribution in [0.4, 0.5) is 0 Å². The van der Waals surface area contributed by atoms with Gasteiger partial charge in [-0.15, -0.1) is 0 Å². The number of ether oxygens (including phenoxy) is 1. The molecule has 8 aromatic carbocycles. The van der Waals surface area contributed by atoms with E-state index in [0.717, 1.165) is 33.0 Å². The zero-order valence-electron chi connectivity index (χ0n) is 27.3. The normalized spacial score (nSPS) is 11.4. The van der Waals surface area contributed by atoms with Crippen LogP contribution >= 0.6 is 0 Å². The van der Waals surface area contributed by atoms with E-state index in [-0.39, 0.29) is 5.97 Å². The average molecular weight is 625 g/mol. The van der Waals surface area contributed by atoms with Gasteiger partial charge in [0.1, 0.15) is 0 Å². The topological polar surface area (TPSA) is 46.5 Å². The van der Waals surface area contributed by atoms with E-state index in [9.17, 15) is 9.90 Å². The van der Waals surface area contributed by atoms with Gasteiger partial charge in [0.15, 0.2) is 0 Å². The summed E-state index contributed by atoms with van der Waals surface area (Å²) < 4.78 is 4.96. The lowest BCUT2D eigenvalue weighted by molar-refractivity contribution is 0.0601. The minimum atomic E-state index is -0.886. The van der Waals surface area contributed by atoms with Crippen molar-refractivity contribution < 1.29 is 14.6 Å². The predicted octanol–water partition coefficient (Wildman–Crippen LogP) is 11.3. The van der Waals surface area contributed by atoms with Gasteiger partial charge in [-0.1, -0.05) is 140 Å². The van der Waals surface area contributed by atoms with E-state index in [1.54, 1.807) is 0 Å². The van der Waals surface area contributed by atoms with Crippen molar-refractivity contribution in [3.8, 4) is 22.3 Å². The van der Waals surface area contributed by atoms with E-state index in [1.807, 2.05) is 74.5 Å². The molecule has 0 aliphatic heterocycles. The molecule has 0 aromatic heterocycles. The van der Waals surface area contributed by atoms with Gasteiger partial charge < -0.3 is 9.84 Å². The number of esters is 1. The molecule has 0 radical (unpaired) electrons. The van der Waals surface area contributed by atoms with Crippen molar-refractivity contribution in [1.29, 1.82) is 0 Å². The summed E-state index contributed by atoms with van der Waals surface area (Å²) in [6.07, 6.45) is 0. The molecule has 0 aliphatic rings. The third-order valence-corrected chi connectivity index (χ3v) is 9.03. The molecule has 0 saturated heterocycles. The van der Waals surface area contributed by atoms with E-state index < -0.39 is 5.60 Å². The monoisotopic (exact) mass is 624 g/mol. The molecule has 0 heterocycles. The molecule has 0 aliphatic carbocycles. The summed E-state index contributed by atoms with van der Waals surface area (Å²) in [6.45, 7) is 3.68. The van der Waals surface area contributed by atoms with Gasteiger partial charge in [0, 0.05) is 0 Å². The molecule has 1 N–H and O–H groups in total. The van der Waals surface area contributed by atoms with Crippen molar-refractivity contribution in [1.82, 2.24) is 0 Å². The third-order valence-electron chi connectivity index (χ3n) is 9.03. The van der Waals surface area contributed by atoms with Gasteiger partial charge in [-0.2, -0.15) is 0 Å². The van der Waals surface area contributed by atoms with Crippen molar-refractivity contribution in [2.24, 2.45) is 0 Å². The summed E-state index contributed by atoms with van der Waals surface area (Å²) >= 11 is 0. The van der Waals surface area contributed by atoms with Crippen LogP contribution in [0.5, 0.6) is 0 Å². The Hall–Kier alpha value is -5.77. The highest BCUT2D eigenvalue weighted by atomic mass is 16.5. The second-order valence-corrected chi connectivity index (χ2v) is 12.5. The number of carbonyl (C=O) groups is 1. The Morgan fingerprint density at radius 1 is 0.479 bits per heavy atom. The molecule has 234 valence electrons. The molecule has 0 amide bonds. The van der Waals surface area contributed by atoms with Crippen LogP contribution < -0.4 is 0 Å². The van der Waals surface area contributed by atoms with E-state index in [0.29, 0.717) is 5.56 Å². The summed E-state index contributed by atoms with van der Waals surface area (Å²) in [4.78, 5) is 12.2. The Balaban J connectivity index is 0.000000152. The van der Waals surface area contributed by atoms with E-state index in [1.165, 1.54) is 45.0 Å². The fourth-order valence-electron chi connectivity index (χ4n) is 6.81. The van der Waals surface area contributed by atoms with Crippen LogP contribution in [0.3, 0.4) is 0 Å². The molecule has 0 spiro atoms. The zero-order chi connectivity index (χ0) is 33.3. The summed E-state index contributed by atoms with van der Waals surface area (Å²) in [5.41, 5.74) is 4.85. The lowest BCUT2D eigenvalue weighted by Gasteiger charge is -2.23. The summed E-state index contributed by atoms with van der Waals surface area (Å²) in [5, 5.41) is 20.3. The number of carbonyl (C=O) groups excluding carboxylic acids is 1. The highest BCUT2D eigenvalue weighted by Crippen LogP contribution is 2.39. The molecule has 0 atom stereocenters. The maximum Gasteiger partial charge on any atom is 0.338 e. The largest absolute Gasteiger partial charge is 0.465 e. The first-order chi connectivity index (χ1) is 23.3. The lowest BCUT2D eigenvalue weighted by Crippen LogP contribution is -2.16. The summed E-state index contributed by atoms with van der Waals surface area (Å²) in [6, 6.07) is 53.7. The lowest BCUT2D eigenvalue weighted by atomic mass is 9.86. The van der Waals surface area contributed by atoms with Crippen LogP contribution in [0, 0.1) is 0 Å². The van der Waals surface area contributed by atoms with Crippen molar-refractivity contribution in [2.75, 3.05) is 7.11 Å². The molecule has 8 aromatic rings. The Morgan fingerprint density at radius 3 is 1.40 bits per heavy atom. The summed E-state index contributed by atoms with van der Waals surface area (Å²) in [7, 11) is 1.41. The molecular formula is C45H36O3. The SMILES string of the molecule is CC(C)(O)c1ccccc1-c1cc2ccccc2c2ccccc12.COC(=O)c1ccccc1-c1cc2ccccc2c2ccccc12. The van der Waals surface area contributed by atoms with E-state index in [4.69, 9.17) is 4.74 Å². The quantitative estimate of drug-likeness (QED) is 0.157. The van der Waals surface area contributed by atoms with Crippen LogP contribution in [-0.2, 0) is 10.3 Å². The predicted molar refractivity (Wildman–Crippen MR) is 200 cm³/mol. The van der Waals surface area contributed by atoms with Crippen LogP contribution in [0.1, 0.15) is 29.8 Å². The maximum atomic E-state index is 12.2. The zero-order valence-corrected chi connectivity index (χ0v) is 27.3. The molecule has 0 bridgehead atoms. The number of methoxy groups -OCH3 is 1. The van der Waals surface area contributed by atoms with Gasteiger partial charge in [0.2, 0.25) is 0 Å². The van der Waals surface area contributed by atoms with Gasteiger partial charge in [-0.05, 0) is 103 Å². The number of benzene rings is 8. The van der Waals surface area contributed by atoms with Gasteiger partial charge in [-0.3, -0.25) is 0 Å². The number of hydrogen-bond donors (Lipinski definition) is 1. The van der Waals surface area contributed by atoms with Crippen LogP contribution in [-0.4, -0.2) is 18.2 Å². The molecule has 3 heteroatoms. The Bertz CT molecular complexity index is 2450. The molecule has 0 saturated carbocycles. The number of rotatable bonds is 4. The smallest absolute Gasteiger partial charge is 0.338 e. The fraction of sp³-hybridized carbons (Fsp3) is 0.0889. The molecule has 0 unspecified atom stereocenters. The van der Waals surface area contributed by atoms with Gasteiger partial charge in [0.05, 0.1) is 18.3 Å². The van der Waals surface area contributed by atoms with Gasteiger partial charge >= 0.3 is 5.97 Å². The Kier molecular flexibility index (Phi) is 8.22. The number of aliphatic hydroxyl groups is 1. The Labute approximate surface area is 280 Å². The standard InChI is InChI=1S/C23H20O.C22H16O2/c1-23(2,24)22-14-8-7-13-20(22)21-15-16-9-3-4-10-17(16)18-11-5-6-12-19(18)21;1-24-22(23)20-13-7-6-12-19(20)21-14-15-8-2-3-9-16(15)17-10-4-5-11-18(17)21/h3-15,24H,1-2H3;2-14H,1H3.